The quantitative estimate of drug-likeness (QED) is 0.407. The van der Waals surface area contributed by atoms with Gasteiger partial charge in [-0.05, 0) is 29.3 Å². The van der Waals surface area contributed by atoms with Crippen LogP contribution in [0.25, 0.3) is 11.1 Å². The van der Waals surface area contributed by atoms with Crippen molar-refractivity contribution in [3.63, 3.8) is 0 Å². The summed E-state index contributed by atoms with van der Waals surface area (Å²) in [4.78, 5) is 23.5. The van der Waals surface area contributed by atoms with Crippen molar-refractivity contribution in [3.05, 3.63) is 88.0 Å². The van der Waals surface area contributed by atoms with Gasteiger partial charge in [-0.1, -0.05) is 42.5 Å². The molecule has 0 unspecified atom stereocenters. The third kappa shape index (κ3) is 4.20. The van der Waals surface area contributed by atoms with E-state index in [4.69, 9.17) is 14.2 Å². The van der Waals surface area contributed by atoms with Gasteiger partial charge < -0.3 is 14.2 Å². The van der Waals surface area contributed by atoms with Gasteiger partial charge in [0.15, 0.2) is 11.5 Å². The normalized spacial score (nSPS) is 14.9. The molecule has 0 aliphatic carbocycles. The van der Waals surface area contributed by atoms with Crippen molar-refractivity contribution in [2.75, 3.05) is 14.2 Å². The number of rotatable bonds is 6. The Bertz CT molecular complexity index is 1220. The zero-order chi connectivity index (χ0) is 23.5. The third-order valence-corrected chi connectivity index (χ3v) is 5.20. The standard InChI is InChI=1S/C24H21N3O6/c1-15(28)26-24(19-13-21(31-2)22(32-3)14-20(19)27(29)30)33-23(25-26)18-11-9-17(10-12-18)16-7-5-4-6-8-16/h4-14,24H,1-3H3/t24-/m1/s1. The highest BCUT2D eigenvalue weighted by Crippen LogP contribution is 2.41. The molecule has 9 heteroatoms. The maximum atomic E-state index is 12.3. The van der Waals surface area contributed by atoms with Gasteiger partial charge in [0.2, 0.25) is 18.0 Å². The Kier molecular flexibility index (Phi) is 5.95. The molecule has 1 aliphatic rings. The Balaban J connectivity index is 1.70. The summed E-state index contributed by atoms with van der Waals surface area (Å²) >= 11 is 0. The lowest BCUT2D eigenvalue weighted by Crippen LogP contribution is -2.26. The lowest BCUT2D eigenvalue weighted by Gasteiger charge is -2.20. The van der Waals surface area contributed by atoms with E-state index in [0.29, 0.717) is 5.56 Å². The molecular weight excluding hydrogens is 426 g/mol. The first-order valence-electron chi connectivity index (χ1n) is 10.0. The smallest absolute Gasteiger partial charge is 0.282 e. The average molecular weight is 447 g/mol. The summed E-state index contributed by atoms with van der Waals surface area (Å²) in [6.45, 7) is 1.31. The number of carbonyl (C=O) groups excluding carboxylic acids is 1. The van der Waals surface area contributed by atoms with Crippen LogP contribution in [0.3, 0.4) is 0 Å². The first kappa shape index (κ1) is 21.8. The molecule has 0 saturated carbocycles. The number of hydrazone groups is 1. The fraction of sp³-hybridized carbons (Fsp3) is 0.167. The molecule has 0 fully saturated rings. The summed E-state index contributed by atoms with van der Waals surface area (Å²) in [6, 6.07) is 20.0. The Morgan fingerprint density at radius 3 is 2.12 bits per heavy atom. The predicted molar refractivity (Wildman–Crippen MR) is 121 cm³/mol. The maximum Gasteiger partial charge on any atom is 0.282 e. The van der Waals surface area contributed by atoms with Crippen LogP contribution in [0.2, 0.25) is 0 Å². The van der Waals surface area contributed by atoms with Gasteiger partial charge >= 0.3 is 0 Å². The Hall–Kier alpha value is -4.40. The Labute approximate surface area is 190 Å². The Morgan fingerprint density at radius 2 is 1.55 bits per heavy atom. The molecule has 0 bridgehead atoms. The summed E-state index contributed by atoms with van der Waals surface area (Å²) < 4.78 is 16.4. The molecule has 3 aromatic rings. The Morgan fingerprint density at radius 1 is 0.970 bits per heavy atom. The fourth-order valence-corrected chi connectivity index (χ4v) is 3.56. The maximum absolute atomic E-state index is 12.3. The van der Waals surface area contributed by atoms with Crippen molar-refractivity contribution in [2.45, 2.75) is 13.2 Å². The van der Waals surface area contributed by atoms with Crippen LogP contribution < -0.4 is 9.47 Å². The van der Waals surface area contributed by atoms with Crippen molar-refractivity contribution in [2.24, 2.45) is 5.10 Å². The van der Waals surface area contributed by atoms with E-state index in [2.05, 4.69) is 5.10 Å². The molecule has 0 radical (unpaired) electrons. The van der Waals surface area contributed by atoms with E-state index >= 15 is 0 Å². The summed E-state index contributed by atoms with van der Waals surface area (Å²) in [5.74, 6) is 0.211. The lowest BCUT2D eigenvalue weighted by atomic mass is 10.0. The van der Waals surface area contributed by atoms with Crippen LogP contribution in [0.5, 0.6) is 11.5 Å². The predicted octanol–water partition coefficient (Wildman–Crippen LogP) is 4.52. The molecule has 4 rings (SSSR count). The first-order valence-corrected chi connectivity index (χ1v) is 10.0. The summed E-state index contributed by atoms with van der Waals surface area (Å²) in [5.41, 5.74) is 2.54. The number of nitro benzene ring substituents is 1. The number of hydrogen-bond donors (Lipinski definition) is 0. The van der Waals surface area contributed by atoms with Crippen molar-refractivity contribution < 1.29 is 23.9 Å². The SMILES string of the molecule is COc1cc([C@H]2OC(c3ccc(-c4ccccc4)cc3)=NN2C(C)=O)c([N+](=O)[O-])cc1OC. The van der Waals surface area contributed by atoms with E-state index < -0.39 is 17.1 Å². The zero-order valence-electron chi connectivity index (χ0n) is 18.2. The number of carbonyl (C=O) groups is 1. The van der Waals surface area contributed by atoms with E-state index in [1.54, 1.807) is 0 Å². The number of ether oxygens (including phenoxy) is 3. The molecule has 0 saturated heterocycles. The van der Waals surface area contributed by atoms with E-state index in [1.165, 1.54) is 33.3 Å². The van der Waals surface area contributed by atoms with Gasteiger partial charge in [-0.3, -0.25) is 14.9 Å². The molecule has 1 atom stereocenters. The second-order valence-corrected chi connectivity index (χ2v) is 7.21. The van der Waals surface area contributed by atoms with Crippen molar-refractivity contribution in [3.8, 4) is 22.6 Å². The van der Waals surface area contributed by atoms with Crippen LogP contribution in [0.4, 0.5) is 5.69 Å². The second kappa shape index (κ2) is 8.99. The highest BCUT2D eigenvalue weighted by molar-refractivity contribution is 5.97. The fourth-order valence-electron chi connectivity index (χ4n) is 3.56. The van der Waals surface area contributed by atoms with Gasteiger partial charge in [0.05, 0.1) is 30.8 Å². The van der Waals surface area contributed by atoms with Crippen molar-refractivity contribution in [1.29, 1.82) is 0 Å². The number of benzene rings is 3. The summed E-state index contributed by atoms with van der Waals surface area (Å²) in [7, 11) is 2.80. The van der Waals surface area contributed by atoms with E-state index in [9.17, 15) is 14.9 Å². The summed E-state index contributed by atoms with van der Waals surface area (Å²) in [6.07, 6.45) is -1.13. The van der Waals surface area contributed by atoms with E-state index in [-0.39, 0.29) is 28.6 Å². The molecule has 0 N–H and O–H groups in total. The van der Waals surface area contributed by atoms with Gasteiger partial charge in [-0.15, -0.1) is 5.10 Å². The van der Waals surface area contributed by atoms with Crippen LogP contribution in [0.1, 0.15) is 24.3 Å². The van der Waals surface area contributed by atoms with Gasteiger partial charge in [0.25, 0.3) is 5.69 Å². The van der Waals surface area contributed by atoms with Crippen LogP contribution in [0.15, 0.2) is 71.8 Å². The topological polar surface area (TPSA) is 104 Å². The van der Waals surface area contributed by atoms with Gasteiger partial charge in [-0.25, -0.2) is 0 Å². The first-order chi connectivity index (χ1) is 15.9. The molecule has 33 heavy (non-hydrogen) atoms. The van der Waals surface area contributed by atoms with Gasteiger partial charge in [0, 0.05) is 12.5 Å². The van der Waals surface area contributed by atoms with Crippen LogP contribution >= 0.6 is 0 Å². The largest absolute Gasteiger partial charge is 0.493 e. The molecule has 0 aromatic heterocycles. The van der Waals surface area contributed by atoms with Crippen molar-refractivity contribution in [1.82, 2.24) is 5.01 Å². The number of hydrogen-bond acceptors (Lipinski definition) is 7. The number of amides is 1. The average Bonchev–Trinajstić information content (AvgIpc) is 3.29. The van der Waals surface area contributed by atoms with Crippen LogP contribution in [-0.4, -0.2) is 36.0 Å². The number of nitro groups is 1. The lowest BCUT2D eigenvalue weighted by molar-refractivity contribution is -0.386. The molecule has 1 aliphatic heterocycles. The van der Waals surface area contributed by atoms with Crippen LogP contribution in [-0.2, 0) is 9.53 Å². The molecule has 3 aromatic carbocycles. The molecular formula is C24H21N3O6. The number of methoxy groups -OCH3 is 2. The molecule has 1 amide bonds. The highest BCUT2D eigenvalue weighted by atomic mass is 16.6. The second-order valence-electron chi connectivity index (χ2n) is 7.21. The minimum Gasteiger partial charge on any atom is -0.493 e. The minimum atomic E-state index is -1.13. The van der Waals surface area contributed by atoms with Crippen molar-refractivity contribution >= 4 is 17.5 Å². The zero-order valence-corrected chi connectivity index (χ0v) is 18.2. The molecule has 9 nitrogen and oxygen atoms in total. The van der Waals surface area contributed by atoms with Crippen LogP contribution in [0, 0.1) is 10.1 Å². The minimum absolute atomic E-state index is 0.118. The molecule has 168 valence electrons. The molecule has 1 heterocycles. The third-order valence-electron chi connectivity index (χ3n) is 5.20. The van der Waals surface area contributed by atoms with E-state index in [1.807, 2.05) is 54.6 Å². The van der Waals surface area contributed by atoms with E-state index in [0.717, 1.165) is 16.1 Å². The highest BCUT2D eigenvalue weighted by Gasteiger charge is 2.38. The summed E-state index contributed by atoms with van der Waals surface area (Å²) in [5, 5.41) is 17.1. The molecule has 0 spiro atoms. The monoisotopic (exact) mass is 447 g/mol. The van der Waals surface area contributed by atoms with Gasteiger partial charge in [0.1, 0.15) is 0 Å². The number of nitrogens with zero attached hydrogens (tertiary/aromatic N) is 3. The van der Waals surface area contributed by atoms with Gasteiger partial charge in [-0.2, -0.15) is 5.01 Å².